The fourth-order valence-electron chi connectivity index (χ4n) is 8.44. The molecule has 2 heterocycles. The summed E-state index contributed by atoms with van der Waals surface area (Å²) in [6, 6.07) is 0. The molecule has 2 fully saturated rings. The van der Waals surface area contributed by atoms with Crippen molar-refractivity contribution >= 4 is 5.97 Å². The Kier molecular flexibility index (Phi) is 40.2. The lowest BCUT2D eigenvalue weighted by atomic mass is 9.98. The molecule has 0 radical (unpaired) electrons. The molecule has 0 spiro atoms. The quantitative estimate of drug-likeness (QED) is 0.0172. The van der Waals surface area contributed by atoms with Gasteiger partial charge in [-0.05, 0) is 83.5 Å². The summed E-state index contributed by atoms with van der Waals surface area (Å²) >= 11 is 0. The molecular formula is C57H100O14. The van der Waals surface area contributed by atoms with Crippen LogP contribution in [0.25, 0.3) is 0 Å². The highest BCUT2D eigenvalue weighted by Gasteiger charge is 2.47. The Bertz CT molecular complexity index is 1400. The Labute approximate surface area is 428 Å². The molecule has 0 aromatic rings. The molecule has 0 saturated carbocycles. The molecule has 0 bridgehead atoms. The number of rotatable bonds is 44. The zero-order valence-electron chi connectivity index (χ0n) is 43.9. The molecule has 0 aromatic carbocycles. The number of aliphatic hydroxyl groups is 7. The Hall–Kier alpha value is -2.31. The van der Waals surface area contributed by atoms with Gasteiger partial charge in [-0.2, -0.15) is 0 Å². The summed E-state index contributed by atoms with van der Waals surface area (Å²) in [5, 5.41) is 72.3. The van der Waals surface area contributed by atoms with E-state index in [-0.39, 0.29) is 19.6 Å². The second-order valence-electron chi connectivity index (χ2n) is 19.4. The van der Waals surface area contributed by atoms with E-state index in [0.29, 0.717) is 13.0 Å². The van der Waals surface area contributed by atoms with Crippen LogP contribution in [0.1, 0.15) is 194 Å². The summed E-state index contributed by atoms with van der Waals surface area (Å²) in [6.07, 6.45) is 37.0. The van der Waals surface area contributed by atoms with Crippen LogP contribution in [0, 0.1) is 0 Å². The fourth-order valence-corrected chi connectivity index (χ4v) is 8.44. The summed E-state index contributed by atoms with van der Waals surface area (Å²) in [6.45, 7) is 3.61. The lowest BCUT2D eigenvalue weighted by Crippen LogP contribution is -2.61. The van der Waals surface area contributed by atoms with Crippen molar-refractivity contribution in [1.29, 1.82) is 0 Å². The maximum Gasteiger partial charge on any atom is 0.306 e. The number of hydrogen-bond donors (Lipinski definition) is 7. The minimum atomic E-state index is -1.71. The van der Waals surface area contributed by atoms with Crippen LogP contribution in [0.3, 0.4) is 0 Å². The third kappa shape index (κ3) is 31.2. The number of hydrogen-bond acceptors (Lipinski definition) is 14. The maximum atomic E-state index is 13.1. The van der Waals surface area contributed by atoms with Crippen LogP contribution in [0.4, 0.5) is 0 Å². The van der Waals surface area contributed by atoms with E-state index in [1.807, 2.05) is 0 Å². The first-order valence-electron chi connectivity index (χ1n) is 27.9. The largest absolute Gasteiger partial charge is 0.457 e. The molecule has 7 N–H and O–H groups in total. The molecule has 0 aromatic heterocycles. The summed E-state index contributed by atoms with van der Waals surface area (Å²) in [5.41, 5.74) is 0. The topological polar surface area (TPSA) is 214 Å². The van der Waals surface area contributed by atoms with E-state index in [1.54, 1.807) is 0 Å². The first-order valence-corrected chi connectivity index (χ1v) is 27.9. The van der Waals surface area contributed by atoms with Gasteiger partial charge >= 0.3 is 5.97 Å². The van der Waals surface area contributed by atoms with Crippen molar-refractivity contribution in [1.82, 2.24) is 0 Å². The third-order valence-corrected chi connectivity index (χ3v) is 13.0. The first kappa shape index (κ1) is 64.8. The van der Waals surface area contributed by atoms with Crippen LogP contribution in [0.15, 0.2) is 60.8 Å². The highest BCUT2D eigenvalue weighted by atomic mass is 16.7. The van der Waals surface area contributed by atoms with Crippen molar-refractivity contribution in [2.45, 2.75) is 261 Å². The average molecular weight is 1010 g/mol. The van der Waals surface area contributed by atoms with Crippen molar-refractivity contribution in [2.24, 2.45) is 0 Å². The molecule has 71 heavy (non-hydrogen) atoms. The molecule has 2 rings (SSSR count). The van der Waals surface area contributed by atoms with Gasteiger partial charge in [-0.15, -0.1) is 0 Å². The lowest BCUT2D eigenvalue weighted by molar-refractivity contribution is -0.332. The van der Waals surface area contributed by atoms with Crippen LogP contribution in [-0.2, 0) is 33.2 Å². The molecule has 0 aliphatic carbocycles. The molecule has 0 amide bonds. The monoisotopic (exact) mass is 1010 g/mol. The minimum absolute atomic E-state index is 0.0467. The molecule has 14 nitrogen and oxygen atoms in total. The molecule has 2 aliphatic heterocycles. The normalized spacial score (nSPS) is 25.8. The summed E-state index contributed by atoms with van der Waals surface area (Å²) in [4.78, 5) is 13.1. The molecule has 11 atom stereocenters. The second-order valence-corrected chi connectivity index (χ2v) is 19.4. The minimum Gasteiger partial charge on any atom is -0.457 e. The average Bonchev–Trinajstić information content (AvgIpc) is 3.37. The Morgan fingerprint density at radius 1 is 0.465 bits per heavy atom. The van der Waals surface area contributed by atoms with E-state index in [9.17, 15) is 40.5 Å². The van der Waals surface area contributed by atoms with Gasteiger partial charge in [0.05, 0.1) is 26.4 Å². The highest BCUT2D eigenvalue weighted by molar-refractivity contribution is 5.69. The standard InChI is InChI=1S/C57H100O14/c1-3-5-7-9-11-13-15-17-19-21-22-23-24-25-26-28-30-32-34-36-38-40-49(59)69-46(43-66-41-39-37-35-33-31-29-27-20-18-16-14-12-10-8-6-4-2)44-67-56-55(65)53(63)51(61)48(71-56)45-68-57-54(64)52(62)50(60)47(42-58)70-57/h12,14-15,17-18,20-22,24-25,46-48,50-58,60-65H,3-11,13,16,19,23,26-45H2,1-2H3/b14-12-,17-15-,20-18-,22-21-,25-24-. The Morgan fingerprint density at radius 2 is 0.873 bits per heavy atom. The summed E-state index contributed by atoms with van der Waals surface area (Å²) in [5.74, 6) is -0.393. The van der Waals surface area contributed by atoms with Crippen LogP contribution in [0.2, 0.25) is 0 Å². The van der Waals surface area contributed by atoms with Crippen LogP contribution < -0.4 is 0 Å². The van der Waals surface area contributed by atoms with Crippen LogP contribution in [0.5, 0.6) is 0 Å². The lowest BCUT2D eigenvalue weighted by Gasteiger charge is -2.42. The summed E-state index contributed by atoms with van der Waals surface area (Å²) in [7, 11) is 0. The zero-order valence-corrected chi connectivity index (χ0v) is 43.9. The number of unbranched alkanes of at least 4 members (excludes halogenated alkanes) is 20. The zero-order chi connectivity index (χ0) is 51.6. The van der Waals surface area contributed by atoms with E-state index < -0.39 is 86.7 Å². The second kappa shape index (κ2) is 44.0. The van der Waals surface area contributed by atoms with Gasteiger partial charge in [0.15, 0.2) is 12.6 Å². The van der Waals surface area contributed by atoms with Crippen LogP contribution >= 0.6 is 0 Å². The SMILES string of the molecule is CCCCC/C=C\C/C=C\CCCCCCCCOCC(COC1OC(COC2OC(CO)C(O)C(O)C2O)C(O)C(O)C1O)OC(=O)CCCCCCCC/C=C\C/C=C\C/C=C\CCCCCCC. The Morgan fingerprint density at radius 3 is 1.39 bits per heavy atom. The smallest absolute Gasteiger partial charge is 0.306 e. The van der Waals surface area contributed by atoms with E-state index in [2.05, 4.69) is 74.6 Å². The molecule has 2 aliphatic rings. The predicted octanol–water partition coefficient (Wildman–Crippen LogP) is 9.30. The van der Waals surface area contributed by atoms with Gasteiger partial charge in [0.25, 0.3) is 0 Å². The van der Waals surface area contributed by atoms with Gasteiger partial charge in [0.1, 0.15) is 54.9 Å². The number of carbonyl (C=O) groups is 1. The van der Waals surface area contributed by atoms with E-state index >= 15 is 0 Å². The third-order valence-electron chi connectivity index (χ3n) is 13.0. The van der Waals surface area contributed by atoms with Gasteiger partial charge in [-0.1, -0.05) is 164 Å². The maximum absolute atomic E-state index is 13.1. The van der Waals surface area contributed by atoms with Crippen molar-refractivity contribution in [3.63, 3.8) is 0 Å². The number of esters is 1. The number of allylic oxidation sites excluding steroid dienone is 10. The van der Waals surface area contributed by atoms with Crippen molar-refractivity contribution in [2.75, 3.05) is 33.0 Å². The molecule has 14 heteroatoms. The molecule has 11 unspecified atom stereocenters. The fraction of sp³-hybridized carbons (Fsp3) is 0.807. The van der Waals surface area contributed by atoms with Gasteiger partial charge < -0.3 is 64.2 Å². The predicted molar refractivity (Wildman–Crippen MR) is 279 cm³/mol. The first-order chi connectivity index (χ1) is 34.6. The van der Waals surface area contributed by atoms with Gasteiger partial charge in [0.2, 0.25) is 0 Å². The molecule has 412 valence electrons. The van der Waals surface area contributed by atoms with E-state index in [1.165, 1.54) is 77.0 Å². The van der Waals surface area contributed by atoms with Crippen molar-refractivity contribution in [3.8, 4) is 0 Å². The van der Waals surface area contributed by atoms with E-state index in [0.717, 1.165) is 89.9 Å². The highest BCUT2D eigenvalue weighted by Crippen LogP contribution is 2.26. The van der Waals surface area contributed by atoms with Gasteiger partial charge in [-0.25, -0.2) is 0 Å². The Balaban J connectivity index is 1.75. The summed E-state index contributed by atoms with van der Waals surface area (Å²) < 4.78 is 34.3. The number of carbonyl (C=O) groups excluding carboxylic acids is 1. The molecular weight excluding hydrogens is 909 g/mol. The van der Waals surface area contributed by atoms with Gasteiger partial charge in [0, 0.05) is 13.0 Å². The van der Waals surface area contributed by atoms with Gasteiger partial charge in [-0.3, -0.25) is 4.79 Å². The molecule has 2 saturated heterocycles. The van der Waals surface area contributed by atoms with Crippen LogP contribution in [-0.4, -0.2) is 142 Å². The van der Waals surface area contributed by atoms with Crippen molar-refractivity contribution < 1.29 is 69.0 Å². The van der Waals surface area contributed by atoms with E-state index in [4.69, 9.17) is 28.4 Å². The number of ether oxygens (including phenoxy) is 6. The number of aliphatic hydroxyl groups excluding tert-OH is 7. The van der Waals surface area contributed by atoms with Crippen molar-refractivity contribution in [3.05, 3.63) is 60.8 Å².